The average molecular weight is 70.1 g/mol. The van der Waals surface area contributed by atoms with Gasteiger partial charge >= 0.3 is 0 Å². The Labute approximate surface area is 32.2 Å². The van der Waals surface area contributed by atoms with E-state index in [0.29, 0.717) is 6.54 Å². The predicted molar refractivity (Wildman–Crippen MR) is 20.7 cm³/mol. The molecular formula is C4H8N. The summed E-state index contributed by atoms with van der Waals surface area (Å²) in [5.41, 5.74) is 6.72. The van der Waals surface area contributed by atoms with Crippen molar-refractivity contribution in [2.24, 2.45) is 5.92 Å². The van der Waals surface area contributed by atoms with Crippen molar-refractivity contribution in [3.8, 4) is 0 Å². The SMILES string of the molecule is [NH]CC1CC1. The van der Waals surface area contributed by atoms with Crippen molar-refractivity contribution in [3.05, 3.63) is 0 Å². The molecule has 1 rings (SSSR count). The normalized spacial score (nSPS) is 23.4. The lowest BCUT2D eigenvalue weighted by Crippen LogP contribution is -1.82. The fourth-order valence-electron chi connectivity index (χ4n) is 0.322. The minimum atomic E-state index is 0.667. The van der Waals surface area contributed by atoms with E-state index >= 15 is 0 Å². The molecule has 1 heteroatoms. The van der Waals surface area contributed by atoms with Crippen molar-refractivity contribution < 1.29 is 0 Å². The van der Waals surface area contributed by atoms with Gasteiger partial charge in [0.2, 0.25) is 0 Å². The topological polar surface area (TPSA) is 23.8 Å². The van der Waals surface area contributed by atoms with Gasteiger partial charge in [-0.2, -0.15) is 0 Å². The van der Waals surface area contributed by atoms with Crippen LogP contribution in [-0.4, -0.2) is 6.54 Å². The third-order valence-electron chi connectivity index (χ3n) is 0.986. The summed E-state index contributed by atoms with van der Waals surface area (Å²) in [6, 6.07) is 0. The van der Waals surface area contributed by atoms with Crippen LogP contribution in [0.15, 0.2) is 0 Å². The molecule has 0 aromatic carbocycles. The molecule has 0 amide bonds. The number of nitrogens with one attached hydrogen (secondary N) is 1. The van der Waals surface area contributed by atoms with E-state index in [9.17, 15) is 0 Å². The molecule has 0 aliphatic heterocycles. The van der Waals surface area contributed by atoms with Crippen LogP contribution in [0, 0.1) is 5.92 Å². The first-order valence-corrected chi connectivity index (χ1v) is 2.08. The van der Waals surface area contributed by atoms with Gasteiger partial charge in [0.25, 0.3) is 0 Å². The Hall–Kier alpha value is -0.0400. The molecule has 1 nitrogen and oxygen atoms in total. The molecule has 1 aliphatic carbocycles. The Bertz CT molecular complexity index is 30.6. The third kappa shape index (κ3) is 0.618. The summed E-state index contributed by atoms with van der Waals surface area (Å²) in [5, 5.41) is 0. The lowest BCUT2D eigenvalue weighted by Gasteiger charge is -1.72. The molecule has 29 valence electrons. The largest absolute Gasteiger partial charge is 0.258 e. The highest BCUT2D eigenvalue weighted by Gasteiger charge is 2.18. The summed E-state index contributed by atoms with van der Waals surface area (Å²) in [4.78, 5) is 0. The number of rotatable bonds is 1. The fourth-order valence-corrected chi connectivity index (χ4v) is 0.322. The smallest absolute Gasteiger partial charge is 0.0128 e. The van der Waals surface area contributed by atoms with Crippen LogP contribution >= 0.6 is 0 Å². The molecule has 0 unspecified atom stereocenters. The van der Waals surface area contributed by atoms with Crippen molar-refractivity contribution >= 4 is 0 Å². The summed E-state index contributed by atoms with van der Waals surface area (Å²) >= 11 is 0. The van der Waals surface area contributed by atoms with Crippen molar-refractivity contribution in [1.82, 2.24) is 5.73 Å². The quantitative estimate of drug-likeness (QED) is 0.433. The molecule has 1 radical (unpaired) electrons. The first-order valence-electron chi connectivity index (χ1n) is 2.08. The van der Waals surface area contributed by atoms with E-state index in [1.165, 1.54) is 12.8 Å². The van der Waals surface area contributed by atoms with Gasteiger partial charge in [0.15, 0.2) is 0 Å². The van der Waals surface area contributed by atoms with Crippen LogP contribution in [0.5, 0.6) is 0 Å². The highest BCUT2D eigenvalue weighted by atomic mass is 14.6. The standard InChI is InChI=1S/C4H8N/c5-3-4-1-2-4/h4-5H,1-3H2. The van der Waals surface area contributed by atoms with E-state index in [2.05, 4.69) is 0 Å². The molecule has 5 heavy (non-hydrogen) atoms. The van der Waals surface area contributed by atoms with Gasteiger partial charge in [-0.3, -0.25) is 5.73 Å². The maximum atomic E-state index is 6.72. The van der Waals surface area contributed by atoms with E-state index < -0.39 is 0 Å². The average Bonchev–Trinajstić information content (AvgIpc) is 2.12. The van der Waals surface area contributed by atoms with Crippen LogP contribution in [0.4, 0.5) is 0 Å². The van der Waals surface area contributed by atoms with Gasteiger partial charge in [-0.05, 0) is 18.8 Å². The Balaban J connectivity index is 2.00. The Morgan fingerprint density at radius 1 is 1.60 bits per heavy atom. The first kappa shape index (κ1) is 3.16. The zero-order valence-electron chi connectivity index (χ0n) is 3.20. The maximum absolute atomic E-state index is 6.72. The molecule has 0 aromatic heterocycles. The predicted octanol–water partition coefficient (Wildman–Crippen LogP) is 0.679. The second-order valence-electron chi connectivity index (χ2n) is 1.65. The second kappa shape index (κ2) is 0.977. The fraction of sp³-hybridized carbons (Fsp3) is 1.00. The minimum Gasteiger partial charge on any atom is -0.258 e. The molecule has 0 bridgehead atoms. The van der Waals surface area contributed by atoms with Crippen LogP contribution in [0.2, 0.25) is 0 Å². The Kier molecular flexibility index (Phi) is 0.618. The van der Waals surface area contributed by atoms with Gasteiger partial charge in [-0.25, -0.2) is 0 Å². The minimum absolute atomic E-state index is 0.667. The molecule has 0 spiro atoms. The number of hydrogen-bond donors (Lipinski definition) is 0. The van der Waals surface area contributed by atoms with Gasteiger partial charge in [0.05, 0.1) is 0 Å². The van der Waals surface area contributed by atoms with E-state index in [1.807, 2.05) is 0 Å². The molecule has 0 aromatic rings. The summed E-state index contributed by atoms with van der Waals surface area (Å²) in [5.74, 6) is 0.801. The van der Waals surface area contributed by atoms with Crippen molar-refractivity contribution in [2.45, 2.75) is 12.8 Å². The molecule has 1 saturated carbocycles. The maximum Gasteiger partial charge on any atom is 0.0128 e. The lowest BCUT2D eigenvalue weighted by atomic mass is 10.5. The van der Waals surface area contributed by atoms with Crippen LogP contribution < -0.4 is 5.73 Å². The molecule has 0 heterocycles. The molecule has 0 saturated heterocycles. The Morgan fingerprint density at radius 3 is 2.20 bits per heavy atom. The Morgan fingerprint density at radius 2 is 2.20 bits per heavy atom. The van der Waals surface area contributed by atoms with Gasteiger partial charge in [0.1, 0.15) is 0 Å². The van der Waals surface area contributed by atoms with E-state index in [0.717, 1.165) is 5.92 Å². The molecule has 1 N–H and O–H groups in total. The van der Waals surface area contributed by atoms with E-state index in [1.54, 1.807) is 0 Å². The summed E-state index contributed by atoms with van der Waals surface area (Å²) in [6.07, 6.45) is 2.65. The summed E-state index contributed by atoms with van der Waals surface area (Å²) in [7, 11) is 0. The summed E-state index contributed by atoms with van der Waals surface area (Å²) in [6.45, 7) is 0.667. The monoisotopic (exact) mass is 70.1 g/mol. The van der Waals surface area contributed by atoms with Crippen LogP contribution in [0.1, 0.15) is 12.8 Å². The molecule has 1 aliphatic rings. The van der Waals surface area contributed by atoms with Crippen molar-refractivity contribution in [1.29, 1.82) is 0 Å². The highest BCUT2D eigenvalue weighted by molar-refractivity contribution is 4.72. The highest BCUT2D eigenvalue weighted by Crippen LogP contribution is 2.26. The van der Waals surface area contributed by atoms with Gasteiger partial charge in [0, 0.05) is 6.54 Å². The van der Waals surface area contributed by atoms with Gasteiger partial charge in [-0.1, -0.05) is 0 Å². The molecule has 0 atom stereocenters. The van der Waals surface area contributed by atoms with E-state index in [4.69, 9.17) is 5.73 Å². The van der Waals surface area contributed by atoms with Crippen molar-refractivity contribution in [3.63, 3.8) is 0 Å². The first-order chi connectivity index (χ1) is 2.43. The van der Waals surface area contributed by atoms with E-state index in [-0.39, 0.29) is 0 Å². The van der Waals surface area contributed by atoms with Crippen LogP contribution in [0.25, 0.3) is 0 Å². The van der Waals surface area contributed by atoms with Crippen LogP contribution in [-0.2, 0) is 0 Å². The lowest BCUT2D eigenvalue weighted by molar-refractivity contribution is 0.827. The second-order valence-corrected chi connectivity index (χ2v) is 1.65. The third-order valence-corrected chi connectivity index (χ3v) is 0.986. The van der Waals surface area contributed by atoms with Gasteiger partial charge in [-0.15, -0.1) is 0 Å². The number of hydrogen-bond acceptors (Lipinski definition) is 0. The van der Waals surface area contributed by atoms with Crippen LogP contribution in [0.3, 0.4) is 0 Å². The zero-order chi connectivity index (χ0) is 3.70. The van der Waals surface area contributed by atoms with Gasteiger partial charge < -0.3 is 0 Å². The molecular weight excluding hydrogens is 62.1 g/mol. The van der Waals surface area contributed by atoms with Crippen molar-refractivity contribution in [2.75, 3.05) is 6.54 Å². The molecule has 1 fully saturated rings. The zero-order valence-corrected chi connectivity index (χ0v) is 3.20. The summed E-state index contributed by atoms with van der Waals surface area (Å²) < 4.78 is 0.